The Morgan fingerprint density at radius 1 is 1.10 bits per heavy atom. The Hall–Kier alpha value is -2.06. The van der Waals surface area contributed by atoms with E-state index in [9.17, 15) is 4.79 Å². The first-order valence-electron chi connectivity index (χ1n) is 7.10. The molecule has 2 heterocycles. The summed E-state index contributed by atoms with van der Waals surface area (Å²) in [4.78, 5) is 14.6. The first-order chi connectivity index (χ1) is 10.2. The van der Waals surface area contributed by atoms with Crippen LogP contribution in [0.15, 0.2) is 54.1 Å². The lowest BCUT2D eigenvalue weighted by atomic mass is 10.0. The molecule has 2 nitrogen and oxygen atoms in total. The molecule has 0 bridgehead atoms. The van der Waals surface area contributed by atoms with Crippen molar-refractivity contribution in [3.63, 3.8) is 0 Å². The summed E-state index contributed by atoms with van der Waals surface area (Å²) in [6, 6.07) is 16.1. The molecule has 0 aliphatic carbocycles. The van der Waals surface area contributed by atoms with Crippen molar-refractivity contribution in [2.75, 3.05) is 4.90 Å². The molecule has 2 aromatic rings. The van der Waals surface area contributed by atoms with Crippen LogP contribution in [-0.2, 0) is 11.2 Å². The standard InChI is InChI=1S/C18H14ClNO/c19-15-6-3-4-12(9-15)8-14-11-16-10-13-5-1-2-7-17(13)20(16)18(14)21/h1-9,16H,10-11H2/b14-8-/t16-/m0/s1. The molecule has 2 aromatic carbocycles. The summed E-state index contributed by atoms with van der Waals surface area (Å²) in [7, 11) is 0. The number of amides is 1. The lowest BCUT2D eigenvalue weighted by molar-refractivity contribution is -0.114. The summed E-state index contributed by atoms with van der Waals surface area (Å²) < 4.78 is 0. The fraction of sp³-hybridized carbons (Fsp3) is 0.167. The molecule has 0 unspecified atom stereocenters. The Morgan fingerprint density at radius 3 is 2.81 bits per heavy atom. The highest BCUT2D eigenvalue weighted by Crippen LogP contribution is 2.40. The highest BCUT2D eigenvalue weighted by molar-refractivity contribution is 6.30. The minimum absolute atomic E-state index is 0.130. The van der Waals surface area contributed by atoms with E-state index in [2.05, 4.69) is 6.07 Å². The molecule has 0 N–H and O–H groups in total. The zero-order chi connectivity index (χ0) is 14.4. The minimum atomic E-state index is 0.130. The molecule has 1 amide bonds. The molecule has 104 valence electrons. The molecule has 1 fully saturated rings. The molecule has 21 heavy (non-hydrogen) atoms. The van der Waals surface area contributed by atoms with E-state index in [0.717, 1.165) is 29.7 Å². The van der Waals surface area contributed by atoms with Crippen molar-refractivity contribution in [3.05, 3.63) is 70.3 Å². The van der Waals surface area contributed by atoms with Gasteiger partial charge in [-0.2, -0.15) is 0 Å². The average molecular weight is 296 g/mol. The van der Waals surface area contributed by atoms with Gasteiger partial charge in [0.05, 0.1) is 0 Å². The van der Waals surface area contributed by atoms with Gasteiger partial charge < -0.3 is 4.90 Å². The van der Waals surface area contributed by atoms with Gasteiger partial charge in [0, 0.05) is 22.3 Å². The smallest absolute Gasteiger partial charge is 0.254 e. The van der Waals surface area contributed by atoms with Gasteiger partial charge in [0.1, 0.15) is 0 Å². The zero-order valence-electron chi connectivity index (χ0n) is 11.4. The summed E-state index contributed by atoms with van der Waals surface area (Å²) in [5, 5.41) is 0.695. The van der Waals surface area contributed by atoms with E-state index in [4.69, 9.17) is 11.6 Å². The van der Waals surface area contributed by atoms with Crippen LogP contribution in [0.25, 0.3) is 6.08 Å². The number of carbonyl (C=O) groups is 1. The maximum absolute atomic E-state index is 12.7. The number of rotatable bonds is 1. The topological polar surface area (TPSA) is 20.3 Å². The Labute approximate surface area is 128 Å². The van der Waals surface area contributed by atoms with Gasteiger partial charge in [0.15, 0.2) is 0 Å². The largest absolute Gasteiger partial charge is 0.305 e. The second-order valence-corrected chi connectivity index (χ2v) is 6.03. The lowest BCUT2D eigenvalue weighted by Crippen LogP contribution is -2.29. The monoisotopic (exact) mass is 295 g/mol. The van der Waals surface area contributed by atoms with Gasteiger partial charge in [0.25, 0.3) is 5.91 Å². The molecule has 2 aliphatic rings. The zero-order valence-corrected chi connectivity index (χ0v) is 12.2. The molecule has 0 spiro atoms. The van der Waals surface area contributed by atoms with E-state index in [1.807, 2.05) is 53.4 Å². The Bertz CT molecular complexity index is 765. The number of benzene rings is 2. The first-order valence-corrected chi connectivity index (χ1v) is 7.48. The quantitative estimate of drug-likeness (QED) is 0.726. The van der Waals surface area contributed by atoms with Crippen LogP contribution in [0.5, 0.6) is 0 Å². The van der Waals surface area contributed by atoms with Crippen LogP contribution >= 0.6 is 11.6 Å². The number of anilines is 1. The normalized spacial score (nSPS) is 21.8. The van der Waals surface area contributed by atoms with Gasteiger partial charge in [-0.15, -0.1) is 0 Å². The van der Waals surface area contributed by atoms with Crippen molar-refractivity contribution in [1.29, 1.82) is 0 Å². The maximum Gasteiger partial charge on any atom is 0.254 e. The van der Waals surface area contributed by atoms with Crippen LogP contribution in [0, 0.1) is 0 Å². The van der Waals surface area contributed by atoms with Crippen LogP contribution in [-0.4, -0.2) is 11.9 Å². The van der Waals surface area contributed by atoms with E-state index in [0.29, 0.717) is 5.02 Å². The van der Waals surface area contributed by atoms with Crippen LogP contribution in [0.3, 0.4) is 0 Å². The van der Waals surface area contributed by atoms with Gasteiger partial charge in [-0.3, -0.25) is 4.79 Å². The highest BCUT2D eigenvalue weighted by Gasteiger charge is 2.41. The number of carbonyl (C=O) groups excluding carboxylic acids is 1. The summed E-state index contributed by atoms with van der Waals surface area (Å²) in [5.74, 6) is 0.130. The summed E-state index contributed by atoms with van der Waals surface area (Å²) in [6.07, 6.45) is 3.73. The Kier molecular flexibility index (Phi) is 2.86. The van der Waals surface area contributed by atoms with Crippen molar-refractivity contribution >= 4 is 29.3 Å². The van der Waals surface area contributed by atoms with Crippen molar-refractivity contribution in [2.24, 2.45) is 0 Å². The fourth-order valence-electron chi connectivity index (χ4n) is 3.31. The van der Waals surface area contributed by atoms with Crippen LogP contribution in [0.4, 0.5) is 5.69 Å². The lowest BCUT2D eigenvalue weighted by Gasteiger charge is -2.15. The second-order valence-electron chi connectivity index (χ2n) is 5.59. The first kappa shape index (κ1) is 12.7. The predicted molar refractivity (Wildman–Crippen MR) is 85.5 cm³/mol. The van der Waals surface area contributed by atoms with E-state index >= 15 is 0 Å². The van der Waals surface area contributed by atoms with Crippen molar-refractivity contribution in [2.45, 2.75) is 18.9 Å². The molecule has 4 rings (SSSR count). The molecule has 1 atom stereocenters. The molecular formula is C18H14ClNO. The van der Waals surface area contributed by atoms with Gasteiger partial charge in [-0.1, -0.05) is 41.9 Å². The van der Waals surface area contributed by atoms with Crippen LogP contribution in [0.2, 0.25) is 5.02 Å². The summed E-state index contributed by atoms with van der Waals surface area (Å²) in [6.45, 7) is 0. The van der Waals surface area contributed by atoms with Gasteiger partial charge in [-0.25, -0.2) is 0 Å². The summed E-state index contributed by atoms with van der Waals surface area (Å²) >= 11 is 6.00. The van der Waals surface area contributed by atoms with Crippen LogP contribution < -0.4 is 4.90 Å². The molecule has 1 saturated heterocycles. The molecule has 2 aliphatic heterocycles. The van der Waals surface area contributed by atoms with Crippen LogP contribution in [0.1, 0.15) is 17.5 Å². The average Bonchev–Trinajstić information content (AvgIpc) is 2.97. The number of nitrogens with zero attached hydrogens (tertiary/aromatic N) is 1. The third kappa shape index (κ3) is 2.07. The van der Waals surface area contributed by atoms with Gasteiger partial charge in [-0.05, 0) is 48.2 Å². The van der Waals surface area contributed by atoms with E-state index < -0.39 is 0 Å². The number of halogens is 1. The number of hydrogen-bond acceptors (Lipinski definition) is 1. The Morgan fingerprint density at radius 2 is 1.95 bits per heavy atom. The highest BCUT2D eigenvalue weighted by atomic mass is 35.5. The van der Waals surface area contributed by atoms with Gasteiger partial charge >= 0.3 is 0 Å². The molecular weight excluding hydrogens is 282 g/mol. The SMILES string of the molecule is O=C1/C(=C\c2cccc(Cl)c2)C[C@@H]2Cc3ccccc3N12. The number of para-hydroxylation sites is 1. The molecule has 0 radical (unpaired) electrons. The van der Waals surface area contributed by atoms with E-state index in [1.54, 1.807) is 0 Å². The predicted octanol–water partition coefficient (Wildman–Crippen LogP) is 4.09. The third-order valence-electron chi connectivity index (χ3n) is 4.21. The Balaban J connectivity index is 1.69. The number of fused-ring (bicyclic) bond motifs is 3. The minimum Gasteiger partial charge on any atom is -0.305 e. The summed E-state index contributed by atoms with van der Waals surface area (Å²) in [5.41, 5.74) is 4.21. The maximum atomic E-state index is 12.7. The van der Waals surface area contributed by atoms with Gasteiger partial charge in [0.2, 0.25) is 0 Å². The van der Waals surface area contributed by atoms with Crippen molar-refractivity contribution < 1.29 is 4.79 Å². The number of hydrogen-bond donors (Lipinski definition) is 0. The fourth-order valence-corrected chi connectivity index (χ4v) is 3.51. The molecule has 0 aromatic heterocycles. The van der Waals surface area contributed by atoms with Crippen molar-refractivity contribution in [3.8, 4) is 0 Å². The van der Waals surface area contributed by atoms with Crippen molar-refractivity contribution in [1.82, 2.24) is 0 Å². The van der Waals surface area contributed by atoms with E-state index in [-0.39, 0.29) is 11.9 Å². The van der Waals surface area contributed by atoms with E-state index in [1.165, 1.54) is 5.56 Å². The molecule has 0 saturated carbocycles. The third-order valence-corrected chi connectivity index (χ3v) is 4.45. The molecule has 3 heteroatoms. The second kappa shape index (κ2) is 4.74.